The van der Waals surface area contributed by atoms with E-state index >= 15 is 0 Å². The van der Waals surface area contributed by atoms with Crippen LogP contribution in [0.15, 0.2) is 0 Å². The fourth-order valence-corrected chi connectivity index (χ4v) is 0. The van der Waals surface area contributed by atoms with Crippen molar-refractivity contribution in [3.05, 3.63) is 0 Å². The zero-order valence-electron chi connectivity index (χ0n) is 7.83. The predicted molar refractivity (Wildman–Crippen MR) is 9.14 cm³/mol. The third-order valence-corrected chi connectivity index (χ3v) is 0. The fourth-order valence-electron chi connectivity index (χ4n) is 0. The normalized spacial score (nSPS) is 9.67. The molecule has 0 aliphatic rings. The molecule has 0 saturated carbocycles. The first-order valence-corrected chi connectivity index (χ1v) is 11.8. The molecular formula is H3Ce2Mo3NO12. The zero-order chi connectivity index (χ0) is 13.5. The Morgan fingerprint density at radius 3 is 0.444 bits per heavy atom. The van der Waals surface area contributed by atoms with E-state index in [4.69, 9.17) is 42.9 Å². The minimum atomic E-state index is -6.02. The van der Waals surface area contributed by atoms with Crippen LogP contribution in [0.4, 0.5) is 0 Å². The zero-order valence-corrected chi connectivity index (χ0v) is 20.1. The summed E-state index contributed by atoms with van der Waals surface area (Å²) < 4.78 is 104. The number of hydrogen-bond donors (Lipinski definition) is 1. The summed E-state index contributed by atoms with van der Waals surface area (Å²) in [6, 6.07) is 0. The average molecular weight is 777 g/mol. The monoisotopic (exact) mass is 782 g/mol. The van der Waals surface area contributed by atoms with Gasteiger partial charge in [-0.25, -0.2) is 0 Å². The molecule has 0 amide bonds. The van der Waals surface area contributed by atoms with Crippen LogP contribution in [0.5, 0.6) is 0 Å². The van der Waals surface area contributed by atoms with Gasteiger partial charge in [-0.2, -0.15) is 0 Å². The van der Waals surface area contributed by atoms with Crippen molar-refractivity contribution in [3.63, 3.8) is 0 Å². The summed E-state index contributed by atoms with van der Waals surface area (Å²) >= 11 is -18.1. The van der Waals surface area contributed by atoms with Crippen LogP contribution < -0.4 is 28.7 Å². The quantitative estimate of drug-likeness (QED) is 0.224. The van der Waals surface area contributed by atoms with E-state index in [1.807, 2.05) is 0 Å². The Morgan fingerprint density at radius 1 is 0.444 bits per heavy atom. The van der Waals surface area contributed by atoms with Gasteiger partial charge in [0, 0.05) is 0 Å². The van der Waals surface area contributed by atoms with Crippen molar-refractivity contribution in [2.24, 2.45) is 0 Å². The van der Waals surface area contributed by atoms with Crippen LogP contribution >= 0.6 is 0 Å². The van der Waals surface area contributed by atoms with Crippen LogP contribution in [0.2, 0.25) is 0 Å². The summed E-state index contributed by atoms with van der Waals surface area (Å²) in [5.41, 5.74) is 0. The van der Waals surface area contributed by atoms with E-state index in [1.54, 1.807) is 0 Å². The van der Waals surface area contributed by atoms with Crippen molar-refractivity contribution >= 4 is 0 Å². The summed E-state index contributed by atoms with van der Waals surface area (Å²) in [5.74, 6) is 0. The Labute approximate surface area is 178 Å². The van der Waals surface area contributed by atoms with Crippen molar-refractivity contribution in [1.29, 1.82) is 0 Å². The molecule has 0 unspecified atom stereocenters. The second-order valence-electron chi connectivity index (χ2n) is 1.22. The molecule has 0 aromatic heterocycles. The third-order valence-electron chi connectivity index (χ3n) is 0. The molecule has 0 fully saturated rings. The SMILES string of the molecule is N.[Ce+3].[Ce+3].[O]=[Mo](=[O])([O-])[O-].[O]=[Mo](=[O])([O-])[O-].[O]=[Mo](=[O])([O-])[O-]. The molecule has 0 aliphatic heterocycles. The van der Waals surface area contributed by atoms with Crippen molar-refractivity contribution in [3.8, 4) is 0 Å². The van der Waals surface area contributed by atoms with Gasteiger partial charge in [0.15, 0.2) is 0 Å². The molecule has 0 atom stereocenters. The molecule has 3 N–H and O–H groups in total. The van der Waals surface area contributed by atoms with Crippen LogP contribution in [0.25, 0.3) is 0 Å². The molecule has 0 heterocycles. The van der Waals surface area contributed by atoms with Gasteiger partial charge >= 0.3 is 177 Å². The Bertz CT molecular complexity index is 346. The van der Waals surface area contributed by atoms with Crippen LogP contribution in [0, 0.1) is 83.5 Å². The molecule has 0 aliphatic carbocycles. The van der Waals surface area contributed by atoms with Crippen molar-refractivity contribution in [1.82, 2.24) is 6.15 Å². The van der Waals surface area contributed by atoms with Crippen LogP contribution in [-0.4, -0.2) is 0 Å². The molecule has 0 spiro atoms. The summed E-state index contributed by atoms with van der Waals surface area (Å²) in [7, 11) is 0. The molecule has 0 rings (SSSR count). The second-order valence-corrected chi connectivity index (χ2v) is 7.25. The Balaban J connectivity index is -0.0000000277. The molecule has 0 aromatic rings. The Hall–Kier alpha value is 3.34. The first-order chi connectivity index (χ1) is 6.00. The molecule has 18 heavy (non-hydrogen) atoms. The van der Waals surface area contributed by atoms with E-state index < -0.39 is 50.2 Å². The van der Waals surface area contributed by atoms with Gasteiger partial charge in [0.2, 0.25) is 0 Å². The van der Waals surface area contributed by atoms with E-state index in [1.165, 1.54) is 0 Å². The first kappa shape index (κ1) is 37.5. The maximum absolute atomic E-state index is 8.63. The van der Waals surface area contributed by atoms with Gasteiger partial charge in [0.25, 0.3) is 0 Å². The second kappa shape index (κ2) is 16.7. The standard InChI is InChI=1S/2Ce.3Mo.H3N.12O/h;;;;;1H3;;;;;;;;;;;;/q2*+3;;;;;;;;;;;6*-1. The van der Waals surface area contributed by atoms with E-state index in [2.05, 4.69) is 0 Å². The van der Waals surface area contributed by atoms with Gasteiger partial charge in [-0.05, 0) is 0 Å². The summed E-state index contributed by atoms with van der Waals surface area (Å²) in [6.45, 7) is 0. The molecule has 0 bridgehead atoms. The van der Waals surface area contributed by atoms with E-state index in [-0.39, 0.29) is 89.6 Å². The molecule has 0 aromatic carbocycles. The Morgan fingerprint density at radius 2 is 0.444 bits per heavy atom. The van der Waals surface area contributed by atoms with Gasteiger partial charge in [-0.1, -0.05) is 0 Å². The van der Waals surface area contributed by atoms with Gasteiger partial charge in [-0.3, -0.25) is 0 Å². The number of rotatable bonds is 0. The van der Waals surface area contributed by atoms with E-state index in [0.717, 1.165) is 0 Å². The van der Waals surface area contributed by atoms with E-state index in [0.29, 0.717) is 0 Å². The minimum absolute atomic E-state index is 0. The van der Waals surface area contributed by atoms with E-state index in [9.17, 15) is 0 Å². The summed E-state index contributed by atoms with van der Waals surface area (Å²) in [6.07, 6.45) is 0. The van der Waals surface area contributed by atoms with Gasteiger partial charge in [0.05, 0.1) is 0 Å². The Kier molecular flexibility index (Phi) is 34.8. The topological polar surface area (TPSA) is 276 Å². The van der Waals surface area contributed by atoms with Gasteiger partial charge < -0.3 is 6.15 Å². The maximum atomic E-state index is 8.63. The molecular weight excluding hydrogens is 774 g/mol. The predicted octanol–water partition coefficient (Wildman–Crippen LogP) is -7.69. The van der Waals surface area contributed by atoms with Crippen LogP contribution in [0.3, 0.4) is 0 Å². The number of hydrogen-bond acceptors (Lipinski definition) is 13. The molecule has 0 saturated heterocycles. The molecule has 2 radical (unpaired) electrons. The summed E-state index contributed by atoms with van der Waals surface area (Å²) in [5, 5.41) is 0. The molecule has 13 nitrogen and oxygen atoms in total. The first-order valence-electron chi connectivity index (χ1n) is 2.00. The van der Waals surface area contributed by atoms with Crippen LogP contribution in [-0.2, 0) is 70.6 Å². The fraction of sp³-hybridized carbons (Fsp3) is 0. The van der Waals surface area contributed by atoms with Crippen LogP contribution in [0.1, 0.15) is 0 Å². The summed E-state index contributed by atoms with van der Waals surface area (Å²) in [4.78, 5) is 0. The van der Waals surface area contributed by atoms with Crippen molar-refractivity contribution < 1.29 is 177 Å². The van der Waals surface area contributed by atoms with Crippen molar-refractivity contribution in [2.45, 2.75) is 0 Å². The molecule has 18 heteroatoms. The van der Waals surface area contributed by atoms with Crippen molar-refractivity contribution in [2.75, 3.05) is 0 Å². The van der Waals surface area contributed by atoms with Gasteiger partial charge in [-0.15, -0.1) is 0 Å². The average Bonchev–Trinajstić information content (AvgIpc) is 1.41. The third kappa shape index (κ3) is 584. The molecule has 106 valence electrons. The van der Waals surface area contributed by atoms with Gasteiger partial charge in [0.1, 0.15) is 0 Å².